The van der Waals surface area contributed by atoms with Gasteiger partial charge in [0, 0.05) is 21.6 Å². The standard InChI is InChI=1S/C24H14BrCl3N2O6/c25-13-1-4-21(19(27)7-13)34-12-17-3-6-23(35-17)24(31)29-15-9-16(30(32)33)11-18(10-15)36-22-5-2-14(26)8-20(22)28/h1-11H,12H2,(H,29,31). The van der Waals surface area contributed by atoms with E-state index in [0.29, 0.717) is 21.6 Å². The zero-order chi connectivity index (χ0) is 25.8. The number of hydrogen-bond acceptors (Lipinski definition) is 6. The van der Waals surface area contributed by atoms with Crippen LogP contribution < -0.4 is 14.8 Å². The molecule has 0 unspecified atom stereocenters. The first-order valence-electron chi connectivity index (χ1n) is 10.1. The van der Waals surface area contributed by atoms with E-state index in [1.165, 1.54) is 36.4 Å². The Labute approximate surface area is 227 Å². The van der Waals surface area contributed by atoms with Crippen molar-refractivity contribution < 1.29 is 23.6 Å². The van der Waals surface area contributed by atoms with Crippen LogP contribution in [0.15, 0.2) is 75.6 Å². The van der Waals surface area contributed by atoms with E-state index in [2.05, 4.69) is 21.2 Å². The van der Waals surface area contributed by atoms with E-state index in [4.69, 9.17) is 48.7 Å². The molecule has 0 radical (unpaired) electrons. The fourth-order valence-corrected chi connectivity index (χ4v) is 4.19. The first-order chi connectivity index (χ1) is 17.2. The Hall–Kier alpha value is -3.24. The highest BCUT2D eigenvalue weighted by molar-refractivity contribution is 9.10. The SMILES string of the molecule is O=C(Nc1cc(Oc2ccc(Cl)cc2Cl)cc([N+](=O)[O-])c1)c1ccc(COc2ccc(Br)cc2Cl)o1. The van der Waals surface area contributed by atoms with Crippen LogP contribution >= 0.6 is 50.7 Å². The number of furan rings is 1. The number of benzene rings is 3. The van der Waals surface area contributed by atoms with Crippen molar-refractivity contribution in [2.75, 3.05) is 5.32 Å². The lowest BCUT2D eigenvalue weighted by atomic mass is 10.2. The van der Waals surface area contributed by atoms with Crippen LogP contribution in [0.4, 0.5) is 11.4 Å². The highest BCUT2D eigenvalue weighted by Crippen LogP contribution is 2.35. The first-order valence-corrected chi connectivity index (χ1v) is 12.0. The summed E-state index contributed by atoms with van der Waals surface area (Å²) in [6.07, 6.45) is 0. The minimum absolute atomic E-state index is 0.0229. The van der Waals surface area contributed by atoms with Crippen molar-refractivity contribution in [1.82, 2.24) is 0 Å². The summed E-state index contributed by atoms with van der Waals surface area (Å²) >= 11 is 21.5. The molecule has 12 heteroatoms. The van der Waals surface area contributed by atoms with Gasteiger partial charge in [0.05, 0.1) is 26.7 Å². The van der Waals surface area contributed by atoms with E-state index in [-0.39, 0.29) is 40.3 Å². The number of nitrogens with zero attached hydrogens (tertiary/aromatic N) is 1. The molecule has 0 atom stereocenters. The number of carbonyl (C=O) groups is 1. The molecule has 0 aliphatic heterocycles. The van der Waals surface area contributed by atoms with Gasteiger partial charge in [0.2, 0.25) is 0 Å². The van der Waals surface area contributed by atoms with Crippen LogP contribution in [0.3, 0.4) is 0 Å². The Balaban J connectivity index is 1.48. The van der Waals surface area contributed by atoms with E-state index in [1.807, 2.05) is 0 Å². The minimum Gasteiger partial charge on any atom is -0.484 e. The third-order valence-electron chi connectivity index (χ3n) is 4.63. The number of anilines is 1. The van der Waals surface area contributed by atoms with Crippen LogP contribution in [0.25, 0.3) is 0 Å². The van der Waals surface area contributed by atoms with Gasteiger partial charge in [-0.25, -0.2) is 0 Å². The largest absolute Gasteiger partial charge is 0.484 e. The van der Waals surface area contributed by atoms with Crippen LogP contribution in [0.1, 0.15) is 16.3 Å². The zero-order valence-corrected chi connectivity index (χ0v) is 21.8. The Morgan fingerprint density at radius 1 is 0.972 bits per heavy atom. The summed E-state index contributed by atoms with van der Waals surface area (Å²) in [4.78, 5) is 23.5. The Kier molecular flexibility index (Phi) is 8.05. The second-order valence-electron chi connectivity index (χ2n) is 7.23. The maximum Gasteiger partial charge on any atom is 0.291 e. The normalized spacial score (nSPS) is 10.7. The Morgan fingerprint density at radius 3 is 2.44 bits per heavy atom. The predicted molar refractivity (Wildman–Crippen MR) is 140 cm³/mol. The third-order valence-corrected chi connectivity index (χ3v) is 5.95. The molecule has 36 heavy (non-hydrogen) atoms. The van der Waals surface area contributed by atoms with Gasteiger partial charge in [0.15, 0.2) is 5.76 Å². The molecule has 8 nitrogen and oxygen atoms in total. The Morgan fingerprint density at radius 2 is 1.72 bits per heavy atom. The van der Waals surface area contributed by atoms with Gasteiger partial charge in [-0.3, -0.25) is 14.9 Å². The van der Waals surface area contributed by atoms with Crippen LogP contribution in [-0.2, 0) is 6.61 Å². The zero-order valence-electron chi connectivity index (χ0n) is 18.0. The highest BCUT2D eigenvalue weighted by atomic mass is 79.9. The summed E-state index contributed by atoms with van der Waals surface area (Å²) in [6.45, 7) is 0.0330. The maximum atomic E-state index is 12.7. The molecule has 0 spiro atoms. The summed E-state index contributed by atoms with van der Waals surface area (Å²) in [7, 11) is 0. The number of hydrogen-bond donors (Lipinski definition) is 1. The second kappa shape index (κ2) is 11.2. The number of nitro benzene ring substituents is 1. The van der Waals surface area contributed by atoms with Crippen LogP contribution in [-0.4, -0.2) is 10.8 Å². The van der Waals surface area contributed by atoms with Crippen molar-refractivity contribution in [3.63, 3.8) is 0 Å². The van der Waals surface area contributed by atoms with E-state index >= 15 is 0 Å². The van der Waals surface area contributed by atoms with Crippen LogP contribution in [0, 0.1) is 10.1 Å². The van der Waals surface area contributed by atoms with Gasteiger partial charge < -0.3 is 19.2 Å². The summed E-state index contributed by atoms with van der Waals surface area (Å²) in [5.74, 6) is 0.500. The first kappa shape index (κ1) is 25.8. The van der Waals surface area contributed by atoms with Crippen molar-refractivity contribution in [2.24, 2.45) is 0 Å². The van der Waals surface area contributed by atoms with Crippen molar-refractivity contribution in [1.29, 1.82) is 0 Å². The lowest BCUT2D eigenvalue weighted by Gasteiger charge is -2.10. The van der Waals surface area contributed by atoms with Gasteiger partial charge in [-0.15, -0.1) is 0 Å². The number of non-ortho nitro benzene ring substituents is 1. The van der Waals surface area contributed by atoms with E-state index in [9.17, 15) is 14.9 Å². The molecule has 1 aromatic heterocycles. The molecule has 0 aliphatic carbocycles. The molecule has 4 aromatic rings. The quantitative estimate of drug-likeness (QED) is 0.158. The monoisotopic (exact) mass is 610 g/mol. The fraction of sp³-hybridized carbons (Fsp3) is 0.0417. The molecule has 4 rings (SSSR count). The summed E-state index contributed by atoms with van der Waals surface area (Å²) < 4.78 is 17.7. The summed E-state index contributed by atoms with van der Waals surface area (Å²) in [6, 6.07) is 16.6. The summed E-state index contributed by atoms with van der Waals surface area (Å²) in [5.41, 5.74) is -0.182. The van der Waals surface area contributed by atoms with Crippen molar-refractivity contribution in [3.05, 3.63) is 108 Å². The lowest BCUT2D eigenvalue weighted by Crippen LogP contribution is -2.11. The molecule has 1 N–H and O–H groups in total. The van der Waals surface area contributed by atoms with Gasteiger partial charge in [-0.05, 0) is 48.5 Å². The number of ether oxygens (including phenoxy) is 2. The number of rotatable bonds is 8. The van der Waals surface area contributed by atoms with Gasteiger partial charge in [-0.2, -0.15) is 0 Å². The smallest absolute Gasteiger partial charge is 0.291 e. The van der Waals surface area contributed by atoms with Crippen molar-refractivity contribution in [3.8, 4) is 17.2 Å². The van der Waals surface area contributed by atoms with E-state index in [0.717, 1.165) is 4.47 Å². The van der Waals surface area contributed by atoms with Crippen molar-refractivity contribution in [2.45, 2.75) is 6.61 Å². The van der Waals surface area contributed by atoms with Gasteiger partial charge in [0.25, 0.3) is 11.6 Å². The molecule has 0 saturated carbocycles. The number of amides is 1. The predicted octanol–water partition coefficient (Wildman–Crippen LogP) is 8.53. The van der Waals surface area contributed by atoms with Gasteiger partial charge >= 0.3 is 0 Å². The number of halogens is 4. The maximum absolute atomic E-state index is 12.7. The second-order valence-corrected chi connectivity index (χ2v) is 9.40. The lowest BCUT2D eigenvalue weighted by molar-refractivity contribution is -0.384. The molecule has 184 valence electrons. The number of nitrogens with one attached hydrogen (secondary N) is 1. The molecule has 1 amide bonds. The molecule has 0 bridgehead atoms. The van der Waals surface area contributed by atoms with Crippen molar-refractivity contribution >= 4 is 68.0 Å². The van der Waals surface area contributed by atoms with Gasteiger partial charge in [0.1, 0.15) is 29.6 Å². The number of nitro groups is 1. The van der Waals surface area contributed by atoms with E-state index < -0.39 is 10.8 Å². The molecular formula is C24H14BrCl3N2O6. The van der Waals surface area contributed by atoms with Crippen LogP contribution in [0.5, 0.6) is 17.2 Å². The number of carbonyl (C=O) groups excluding carboxylic acids is 1. The fourth-order valence-electron chi connectivity index (χ4n) is 3.02. The summed E-state index contributed by atoms with van der Waals surface area (Å²) in [5, 5.41) is 15.0. The minimum atomic E-state index is -0.626. The molecule has 0 saturated heterocycles. The molecule has 3 aromatic carbocycles. The third kappa shape index (κ3) is 6.50. The topological polar surface area (TPSA) is 104 Å². The highest BCUT2D eigenvalue weighted by Gasteiger charge is 2.17. The van der Waals surface area contributed by atoms with Crippen LogP contribution in [0.2, 0.25) is 15.1 Å². The molecule has 0 aliphatic rings. The molecule has 0 fully saturated rings. The Bertz CT molecular complexity index is 1460. The average Bonchev–Trinajstić information content (AvgIpc) is 3.29. The molecule has 1 heterocycles. The van der Waals surface area contributed by atoms with E-state index in [1.54, 1.807) is 30.3 Å². The molecular weight excluding hydrogens is 599 g/mol. The average molecular weight is 613 g/mol. The van der Waals surface area contributed by atoms with Gasteiger partial charge in [-0.1, -0.05) is 50.7 Å².